The maximum Gasteiger partial charge on any atom is 0.254 e. The van der Waals surface area contributed by atoms with Crippen molar-refractivity contribution in [3.8, 4) is 11.5 Å². The maximum atomic E-state index is 12.9. The summed E-state index contributed by atoms with van der Waals surface area (Å²) in [5, 5.41) is 4.56. The van der Waals surface area contributed by atoms with Crippen LogP contribution in [0, 0.1) is 13.8 Å². The van der Waals surface area contributed by atoms with Gasteiger partial charge in [-0.05, 0) is 44.5 Å². The molecule has 1 amide bonds. The molecule has 0 spiro atoms. The van der Waals surface area contributed by atoms with Crippen molar-refractivity contribution < 1.29 is 14.3 Å². The predicted molar refractivity (Wildman–Crippen MR) is 98.8 cm³/mol. The molecule has 1 fully saturated rings. The molecule has 2 N–H and O–H groups in total. The maximum absolute atomic E-state index is 12.9. The van der Waals surface area contributed by atoms with Crippen LogP contribution in [0.5, 0.6) is 11.5 Å². The van der Waals surface area contributed by atoms with E-state index >= 15 is 0 Å². The van der Waals surface area contributed by atoms with E-state index < -0.39 is 0 Å². The van der Waals surface area contributed by atoms with Gasteiger partial charge in [0.1, 0.15) is 6.61 Å². The molecule has 2 aromatic rings. The first-order valence-electron chi connectivity index (χ1n) is 8.86. The number of hydrogen-bond donors (Lipinski definition) is 1. The molecule has 3 rings (SSSR count). The summed E-state index contributed by atoms with van der Waals surface area (Å²) >= 11 is 0. The van der Waals surface area contributed by atoms with E-state index in [-0.39, 0.29) is 11.9 Å². The van der Waals surface area contributed by atoms with Crippen LogP contribution in [0.25, 0.3) is 0 Å². The van der Waals surface area contributed by atoms with Gasteiger partial charge in [0.05, 0.1) is 18.8 Å². The topological polar surface area (TPSA) is 82.6 Å². The number of rotatable bonds is 6. The molecule has 0 radical (unpaired) electrons. The SMILES string of the molecule is COc1ccc(C(=O)N2CC[C@H](n3nc(C)cc3C)C2)cc1OCCN. The zero-order valence-corrected chi connectivity index (χ0v) is 15.6. The van der Waals surface area contributed by atoms with Crippen LogP contribution in [-0.4, -0.2) is 53.9 Å². The largest absolute Gasteiger partial charge is 0.493 e. The molecule has 26 heavy (non-hydrogen) atoms. The molecule has 1 aromatic carbocycles. The first-order chi connectivity index (χ1) is 12.5. The average Bonchev–Trinajstić information content (AvgIpc) is 3.25. The van der Waals surface area contributed by atoms with E-state index in [1.807, 2.05) is 16.5 Å². The van der Waals surface area contributed by atoms with Crippen molar-refractivity contribution in [3.05, 3.63) is 41.2 Å². The highest BCUT2D eigenvalue weighted by Crippen LogP contribution is 2.30. The zero-order valence-electron chi connectivity index (χ0n) is 15.6. The number of methoxy groups -OCH3 is 1. The van der Waals surface area contributed by atoms with Gasteiger partial charge in [-0.1, -0.05) is 0 Å². The quantitative estimate of drug-likeness (QED) is 0.853. The number of carbonyl (C=O) groups excluding carboxylic acids is 1. The molecule has 140 valence electrons. The molecule has 2 heterocycles. The molecule has 1 saturated heterocycles. The van der Waals surface area contributed by atoms with Gasteiger partial charge in [-0.25, -0.2) is 0 Å². The number of hydrogen-bond acceptors (Lipinski definition) is 5. The van der Waals surface area contributed by atoms with Crippen molar-refractivity contribution in [3.63, 3.8) is 0 Å². The molecule has 7 heteroatoms. The van der Waals surface area contributed by atoms with E-state index in [2.05, 4.69) is 18.1 Å². The highest BCUT2D eigenvalue weighted by Gasteiger charge is 2.29. The Hall–Kier alpha value is -2.54. The first kappa shape index (κ1) is 18.3. The molecule has 0 unspecified atom stereocenters. The fourth-order valence-electron chi connectivity index (χ4n) is 3.42. The van der Waals surface area contributed by atoms with Gasteiger partial charge in [0.2, 0.25) is 0 Å². The molecule has 1 aliphatic rings. The molecule has 0 saturated carbocycles. The summed E-state index contributed by atoms with van der Waals surface area (Å²) in [6.07, 6.45) is 0.903. The monoisotopic (exact) mass is 358 g/mol. The lowest BCUT2D eigenvalue weighted by Gasteiger charge is -2.18. The Balaban J connectivity index is 1.74. The van der Waals surface area contributed by atoms with Gasteiger partial charge in [-0.15, -0.1) is 0 Å². The van der Waals surface area contributed by atoms with Gasteiger partial charge < -0.3 is 20.1 Å². The number of nitrogens with two attached hydrogens (primary N) is 1. The van der Waals surface area contributed by atoms with Gasteiger partial charge >= 0.3 is 0 Å². The number of amides is 1. The molecule has 1 aromatic heterocycles. The third-order valence-electron chi connectivity index (χ3n) is 4.63. The van der Waals surface area contributed by atoms with E-state index in [9.17, 15) is 4.79 Å². The van der Waals surface area contributed by atoms with E-state index in [0.717, 1.165) is 17.8 Å². The van der Waals surface area contributed by atoms with Crippen LogP contribution < -0.4 is 15.2 Å². The smallest absolute Gasteiger partial charge is 0.254 e. The molecule has 1 aliphatic heterocycles. The molecule has 0 aliphatic carbocycles. The number of carbonyl (C=O) groups is 1. The number of nitrogens with zero attached hydrogens (tertiary/aromatic N) is 3. The van der Waals surface area contributed by atoms with Gasteiger partial charge in [0.25, 0.3) is 5.91 Å². The van der Waals surface area contributed by atoms with Gasteiger partial charge in [0.15, 0.2) is 11.5 Å². The fraction of sp³-hybridized carbons (Fsp3) is 0.474. The third-order valence-corrected chi connectivity index (χ3v) is 4.63. The summed E-state index contributed by atoms with van der Waals surface area (Å²) in [7, 11) is 1.58. The van der Waals surface area contributed by atoms with E-state index in [1.54, 1.807) is 25.3 Å². The van der Waals surface area contributed by atoms with Crippen LogP contribution in [0.2, 0.25) is 0 Å². The number of ether oxygens (including phenoxy) is 2. The molecular weight excluding hydrogens is 332 g/mol. The highest BCUT2D eigenvalue weighted by atomic mass is 16.5. The summed E-state index contributed by atoms with van der Waals surface area (Å²) < 4.78 is 12.9. The van der Waals surface area contributed by atoms with Crippen LogP contribution >= 0.6 is 0 Å². The van der Waals surface area contributed by atoms with E-state index in [1.165, 1.54) is 0 Å². The second kappa shape index (κ2) is 7.78. The Bertz CT molecular complexity index is 787. The Kier molecular flexibility index (Phi) is 5.46. The lowest BCUT2D eigenvalue weighted by molar-refractivity contribution is 0.0786. The summed E-state index contributed by atoms with van der Waals surface area (Å²) in [6.45, 7) is 6.19. The van der Waals surface area contributed by atoms with Crippen LogP contribution in [0.1, 0.15) is 34.2 Å². The van der Waals surface area contributed by atoms with Gasteiger partial charge in [0, 0.05) is 30.9 Å². The predicted octanol–water partition coefficient (Wildman–Crippen LogP) is 1.93. The van der Waals surface area contributed by atoms with Crippen molar-refractivity contribution in [1.29, 1.82) is 0 Å². The summed E-state index contributed by atoms with van der Waals surface area (Å²) in [5.74, 6) is 1.13. The van der Waals surface area contributed by atoms with Crippen molar-refractivity contribution in [2.24, 2.45) is 5.73 Å². The number of aromatic nitrogens is 2. The number of benzene rings is 1. The number of aryl methyl sites for hydroxylation is 2. The van der Waals surface area contributed by atoms with Crippen molar-refractivity contribution in [2.75, 3.05) is 33.4 Å². The Morgan fingerprint density at radius 3 is 2.77 bits per heavy atom. The average molecular weight is 358 g/mol. The lowest BCUT2D eigenvalue weighted by Crippen LogP contribution is -2.29. The minimum Gasteiger partial charge on any atom is -0.493 e. The number of likely N-dealkylation sites (tertiary alicyclic amines) is 1. The first-order valence-corrected chi connectivity index (χ1v) is 8.86. The lowest BCUT2D eigenvalue weighted by atomic mass is 10.1. The molecule has 0 bridgehead atoms. The second-order valence-electron chi connectivity index (χ2n) is 6.57. The Morgan fingerprint density at radius 2 is 2.12 bits per heavy atom. The normalized spacial score (nSPS) is 16.8. The van der Waals surface area contributed by atoms with Gasteiger partial charge in [-0.3, -0.25) is 9.48 Å². The minimum atomic E-state index is -0.00529. The zero-order chi connectivity index (χ0) is 18.7. The van der Waals surface area contributed by atoms with E-state index in [4.69, 9.17) is 15.2 Å². The standard InChI is InChI=1S/C19H26N4O3/c1-13-10-14(2)23(21-13)16-6-8-22(12-16)19(24)15-4-5-17(25-3)18(11-15)26-9-7-20/h4-5,10-11,16H,6-9,12,20H2,1-3H3/t16-/m0/s1. The van der Waals surface area contributed by atoms with Crippen molar-refractivity contribution in [1.82, 2.24) is 14.7 Å². The van der Waals surface area contributed by atoms with Crippen LogP contribution in [0.3, 0.4) is 0 Å². The fourth-order valence-corrected chi connectivity index (χ4v) is 3.42. The van der Waals surface area contributed by atoms with Crippen LogP contribution in [-0.2, 0) is 0 Å². The van der Waals surface area contributed by atoms with Crippen LogP contribution in [0.4, 0.5) is 0 Å². The van der Waals surface area contributed by atoms with Crippen LogP contribution in [0.15, 0.2) is 24.3 Å². The minimum absolute atomic E-state index is 0.00529. The van der Waals surface area contributed by atoms with Crippen molar-refractivity contribution in [2.45, 2.75) is 26.3 Å². The summed E-state index contributed by atoms with van der Waals surface area (Å²) in [4.78, 5) is 14.8. The Labute approximate surface area is 153 Å². The molecule has 1 atom stereocenters. The second-order valence-corrected chi connectivity index (χ2v) is 6.57. The van der Waals surface area contributed by atoms with Crippen molar-refractivity contribution >= 4 is 5.91 Å². The molecule has 7 nitrogen and oxygen atoms in total. The highest BCUT2D eigenvalue weighted by molar-refractivity contribution is 5.95. The third kappa shape index (κ3) is 3.67. The van der Waals surface area contributed by atoms with E-state index in [0.29, 0.717) is 43.3 Å². The molecular formula is C19H26N4O3. The summed E-state index contributed by atoms with van der Waals surface area (Å²) in [5.41, 5.74) is 8.22. The Morgan fingerprint density at radius 1 is 1.31 bits per heavy atom. The summed E-state index contributed by atoms with van der Waals surface area (Å²) in [6, 6.07) is 7.54. The van der Waals surface area contributed by atoms with Gasteiger partial charge in [-0.2, -0.15) is 5.10 Å².